The smallest absolute Gasteiger partial charge is 0.401 e. The van der Waals surface area contributed by atoms with Crippen LogP contribution >= 0.6 is 24.0 Å². The van der Waals surface area contributed by atoms with E-state index in [0.29, 0.717) is 32.0 Å². The summed E-state index contributed by atoms with van der Waals surface area (Å²) < 4.78 is 43.2. The summed E-state index contributed by atoms with van der Waals surface area (Å²) in [7, 11) is 0. The first-order valence-electron chi connectivity index (χ1n) is 9.95. The fourth-order valence-electron chi connectivity index (χ4n) is 3.18. The number of aliphatic hydroxyl groups is 1. The maximum Gasteiger partial charge on any atom is 0.401 e. The third kappa shape index (κ3) is 9.69. The molecule has 0 spiro atoms. The van der Waals surface area contributed by atoms with Gasteiger partial charge in [0.05, 0.1) is 25.3 Å². The SMILES string of the molecule is CCNC(=NCC(O)c1ccc(OC(C)C)cc1)NC1CCN(CC(F)(F)F)C1.I. The lowest BCUT2D eigenvalue weighted by molar-refractivity contribution is -0.143. The van der Waals surface area contributed by atoms with Crippen LogP contribution in [0, 0.1) is 0 Å². The Hall–Kier alpha value is -1.27. The average molecular weight is 544 g/mol. The number of aliphatic hydroxyl groups excluding tert-OH is 1. The van der Waals surface area contributed by atoms with E-state index in [1.807, 2.05) is 20.8 Å². The van der Waals surface area contributed by atoms with Crippen molar-refractivity contribution in [3.63, 3.8) is 0 Å². The topological polar surface area (TPSA) is 69.1 Å². The van der Waals surface area contributed by atoms with Crippen molar-refractivity contribution < 1.29 is 23.0 Å². The fourth-order valence-corrected chi connectivity index (χ4v) is 3.18. The summed E-state index contributed by atoms with van der Waals surface area (Å²) in [6.07, 6.45) is -4.29. The zero-order chi connectivity index (χ0) is 21.4. The van der Waals surface area contributed by atoms with E-state index >= 15 is 0 Å². The van der Waals surface area contributed by atoms with Gasteiger partial charge in [-0.25, -0.2) is 0 Å². The number of aliphatic imine (C=N–C) groups is 1. The number of guanidine groups is 1. The lowest BCUT2D eigenvalue weighted by Gasteiger charge is -2.20. The van der Waals surface area contributed by atoms with Gasteiger partial charge in [0.15, 0.2) is 5.96 Å². The molecule has 1 aromatic rings. The Morgan fingerprint density at radius 1 is 1.30 bits per heavy atom. The largest absolute Gasteiger partial charge is 0.491 e. The first-order valence-corrected chi connectivity index (χ1v) is 9.95. The highest BCUT2D eigenvalue weighted by atomic mass is 127. The molecule has 3 N–H and O–H groups in total. The molecule has 10 heteroatoms. The van der Waals surface area contributed by atoms with Crippen molar-refractivity contribution in [1.82, 2.24) is 15.5 Å². The summed E-state index contributed by atoms with van der Waals surface area (Å²) in [5.74, 6) is 1.23. The van der Waals surface area contributed by atoms with E-state index in [4.69, 9.17) is 4.74 Å². The molecule has 6 nitrogen and oxygen atoms in total. The van der Waals surface area contributed by atoms with Gasteiger partial charge in [-0.05, 0) is 44.9 Å². The Bertz CT molecular complexity index is 656. The molecule has 30 heavy (non-hydrogen) atoms. The molecule has 0 saturated carbocycles. The Balaban J connectivity index is 0.00000450. The Morgan fingerprint density at radius 2 is 1.97 bits per heavy atom. The number of likely N-dealkylation sites (tertiary alicyclic amines) is 1. The Labute approximate surface area is 193 Å². The molecule has 172 valence electrons. The third-order valence-electron chi connectivity index (χ3n) is 4.42. The van der Waals surface area contributed by atoms with E-state index < -0.39 is 18.8 Å². The van der Waals surface area contributed by atoms with Crippen LogP contribution in [0.3, 0.4) is 0 Å². The van der Waals surface area contributed by atoms with Crippen molar-refractivity contribution >= 4 is 29.9 Å². The second kappa shape index (κ2) is 12.6. The van der Waals surface area contributed by atoms with Gasteiger partial charge in [-0.2, -0.15) is 13.2 Å². The van der Waals surface area contributed by atoms with Gasteiger partial charge in [-0.3, -0.25) is 9.89 Å². The van der Waals surface area contributed by atoms with Crippen LogP contribution in [0.15, 0.2) is 29.3 Å². The minimum atomic E-state index is -4.19. The molecule has 1 aromatic carbocycles. The maximum atomic E-state index is 12.5. The lowest BCUT2D eigenvalue weighted by atomic mass is 10.1. The molecular weight excluding hydrogens is 512 g/mol. The highest BCUT2D eigenvalue weighted by molar-refractivity contribution is 14.0. The Kier molecular flexibility index (Phi) is 11.2. The normalized spacial score (nSPS) is 18.8. The second-order valence-corrected chi connectivity index (χ2v) is 7.45. The quantitative estimate of drug-likeness (QED) is 0.266. The van der Waals surface area contributed by atoms with Crippen LogP contribution in [-0.2, 0) is 0 Å². The number of hydrogen-bond acceptors (Lipinski definition) is 4. The monoisotopic (exact) mass is 544 g/mol. The van der Waals surface area contributed by atoms with Gasteiger partial charge >= 0.3 is 6.18 Å². The van der Waals surface area contributed by atoms with Crippen molar-refractivity contribution in [1.29, 1.82) is 0 Å². The predicted octanol–water partition coefficient (Wildman–Crippen LogP) is 3.32. The molecule has 1 fully saturated rings. The van der Waals surface area contributed by atoms with E-state index in [2.05, 4.69) is 15.6 Å². The summed E-state index contributed by atoms with van der Waals surface area (Å²) >= 11 is 0. The highest BCUT2D eigenvalue weighted by Crippen LogP contribution is 2.21. The molecule has 0 radical (unpaired) electrons. The predicted molar refractivity (Wildman–Crippen MR) is 123 cm³/mol. The zero-order valence-corrected chi connectivity index (χ0v) is 19.9. The van der Waals surface area contributed by atoms with Gasteiger partial charge < -0.3 is 20.5 Å². The van der Waals surface area contributed by atoms with Crippen molar-refractivity contribution in [3.05, 3.63) is 29.8 Å². The first kappa shape index (κ1) is 26.8. The number of halogens is 4. The molecule has 2 atom stereocenters. The minimum Gasteiger partial charge on any atom is -0.491 e. The summed E-state index contributed by atoms with van der Waals surface area (Å²) in [6.45, 7) is 6.35. The number of benzene rings is 1. The molecule has 0 bridgehead atoms. The highest BCUT2D eigenvalue weighted by Gasteiger charge is 2.34. The third-order valence-corrected chi connectivity index (χ3v) is 4.42. The van der Waals surface area contributed by atoms with Gasteiger partial charge in [0.1, 0.15) is 5.75 Å². The van der Waals surface area contributed by atoms with E-state index in [9.17, 15) is 18.3 Å². The number of rotatable bonds is 8. The lowest BCUT2D eigenvalue weighted by Crippen LogP contribution is -2.45. The fraction of sp³-hybridized carbons (Fsp3) is 0.650. The molecule has 1 aliphatic heterocycles. The summed E-state index contributed by atoms with van der Waals surface area (Å²) in [5, 5.41) is 16.7. The standard InChI is InChI=1S/C20H31F3N4O2.HI/c1-4-24-19(26-16-9-10-27(12-16)13-20(21,22)23)25-11-18(28)15-5-7-17(8-6-15)29-14(2)3;/h5-8,14,16,18,28H,4,9-13H2,1-3H3,(H2,24,25,26);1H. The number of nitrogens with one attached hydrogen (secondary N) is 2. The van der Waals surface area contributed by atoms with Crippen molar-refractivity contribution in [2.45, 2.75) is 51.6 Å². The molecule has 2 rings (SSSR count). The summed E-state index contributed by atoms with van der Waals surface area (Å²) in [4.78, 5) is 5.78. The van der Waals surface area contributed by atoms with Crippen LogP contribution in [-0.4, -0.2) is 67.0 Å². The van der Waals surface area contributed by atoms with Gasteiger partial charge in [-0.1, -0.05) is 12.1 Å². The molecule has 1 aliphatic rings. The minimum absolute atomic E-state index is 0. The molecule has 1 heterocycles. The van der Waals surface area contributed by atoms with Gasteiger partial charge in [0.25, 0.3) is 0 Å². The zero-order valence-electron chi connectivity index (χ0n) is 17.6. The van der Waals surface area contributed by atoms with E-state index in [-0.39, 0.29) is 42.7 Å². The Morgan fingerprint density at radius 3 is 2.53 bits per heavy atom. The van der Waals surface area contributed by atoms with Gasteiger partial charge in [-0.15, -0.1) is 24.0 Å². The van der Waals surface area contributed by atoms with Crippen LogP contribution in [0.2, 0.25) is 0 Å². The van der Waals surface area contributed by atoms with Gasteiger partial charge in [0.2, 0.25) is 0 Å². The number of ether oxygens (including phenoxy) is 1. The number of alkyl halides is 3. The van der Waals surface area contributed by atoms with Gasteiger partial charge in [0, 0.05) is 25.7 Å². The average Bonchev–Trinajstić information content (AvgIpc) is 3.04. The molecular formula is C20H32F3IN4O2. The first-order chi connectivity index (χ1) is 13.7. The number of nitrogens with zero attached hydrogens (tertiary/aromatic N) is 2. The van der Waals surface area contributed by atoms with Crippen LogP contribution in [0.4, 0.5) is 13.2 Å². The second-order valence-electron chi connectivity index (χ2n) is 7.45. The number of hydrogen-bond donors (Lipinski definition) is 3. The summed E-state index contributed by atoms with van der Waals surface area (Å²) in [6, 6.07) is 7.09. The molecule has 2 unspecified atom stereocenters. The van der Waals surface area contributed by atoms with Crippen LogP contribution in [0.25, 0.3) is 0 Å². The molecule has 1 saturated heterocycles. The van der Waals surface area contributed by atoms with Crippen molar-refractivity contribution in [3.8, 4) is 5.75 Å². The van der Waals surface area contributed by atoms with Crippen LogP contribution in [0.5, 0.6) is 5.75 Å². The van der Waals surface area contributed by atoms with Crippen LogP contribution < -0.4 is 15.4 Å². The molecule has 0 aliphatic carbocycles. The van der Waals surface area contributed by atoms with Crippen LogP contribution in [0.1, 0.15) is 38.9 Å². The van der Waals surface area contributed by atoms with Crippen molar-refractivity contribution in [2.75, 3.05) is 32.7 Å². The molecule has 0 amide bonds. The molecule has 0 aromatic heterocycles. The van der Waals surface area contributed by atoms with E-state index in [1.165, 1.54) is 4.90 Å². The summed E-state index contributed by atoms with van der Waals surface area (Å²) in [5.41, 5.74) is 0.720. The van der Waals surface area contributed by atoms with E-state index in [0.717, 1.165) is 11.3 Å². The maximum absolute atomic E-state index is 12.5. The van der Waals surface area contributed by atoms with E-state index in [1.54, 1.807) is 24.3 Å². The van der Waals surface area contributed by atoms with Crippen molar-refractivity contribution in [2.24, 2.45) is 4.99 Å².